The van der Waals surface area contributed by atoms with Crippen LogP contribution in [0.4, 0.5) is 14.5 Å². The molecule has 0 saturated carbocycles. The van der Waals surface area contributed by atoms with Gasteiger partial charge in [0, 0.05) is 23.4 Å². The van der Waals surface area contributed by atoms with Gasteiger partial charge in [0.1, 0.15) is 11.8 Å². The molecule has 0 radical (unpaired) electrons. The molecule has 1 aromatic carbocycles. The van der Waals surface area contributed by atoms with E-state index in [9.17, 15) is 18.4 Å². The van der Waals surface area contributed by atoms with Gasteiger partial charge in [-0.25, -0.2) is 4.39 Å². The number of rotatable bonds is 5. The summed E-state index contributed by atoms with van der Waals surface area (Å²) in [6.45, 7) is 1.78. The van der Waals surface area contributed by atoms with Gasteiger partial charge >= 0.3 is 0 Å². The Hall–Kier alpha value is -3.07. The Balaban J connectivity index is 1.88. The molecule has 0 bridgehead atoms. The van der Waals surface area contributed by atoms with Crippen molar-refractivity contribution in [2.24, 2.45) is 5.73 Å². The molecule has 0 unspecified atom stereocenters. The lowest BCUT2D eigenvalue weighted by Crippen LogP contribution is -2.32. The number of methoxy groups -OCH3 is 1. The van der Waals surface area contributed by atoms with Crippen molar-refractivity contribution in [3.05, 3.63) is 53.4 Å². The predicted molar refractivity (Wildman–Crippen MR) is 96.0 cm³/mol. The van der Waals surface area contributed by atoms with Gasteiger partial charge in [0.2, 0.25) is 5.82 Å². The number of benzene rings is 1. The van der Waals surface area contributed by atoms with E-state index in [1.807, 2.05) is 0 Å². The maximum absolute atomic E-state index is 14.1. The van der Waals surface area contributed by atoms with Crippen LogP contribution >= 0.6 is 0 Å². The number of aromatic nitrogens is 1. The highest BCUT2D eigenvalue weighted by molar-refractivity contribution is 5.97. The first-order valence-corrected chi connectivity index (χ1v) is 8.56. The summed E-state index contributed by atoms with van der Waals surface area (Å²) >= 11 is 0. The Morgan fingerprint density at radius 2 is 2.07 bits per heavy atom. The molecular formula is C19H19F2N3O4. The van der Waals surface area contributed by atoms with Gasteiger partial charge in [0.15, 0.2) is 11.6 Å². The van der Waals surface area contributed by atoms with Crippen molar-refractivity contribution in [3.63, 3.8) is 0 Å². The molecule has 1 fully saturated rings. The number of carbonyl (C=O) groups is 2. The molecule has 1 aliphatic heterocycles. The number of hydrogen-bond acceptors (Lipinski definition) is 5. The molecule has 1 aliphatic rings. The first kappa shape index (κ1) is 19.7. The van der Waals surface area contributed by atoms with Crippen LogP contribution in [0.25, 0.3) is 0 Å². The number of anilines is 1. The highest BCUT2D eigenvalue weighted by Crippen LogP contribution is 2.41. The van der Waals surface area contributed by atoms with Crippen LogP contribution in [0.3, 0.4) is 0 Å². The number of nitrogens with zero attached hydrogens (tertiary/aromatic N) is 1. The van der Waals surface area contributed by atoms with Crippen molar-refractivity contribution in [3.8, 4) is 5.75 Å². The Bertz CT molecular complexity index is 922. The Kier molecular flexibility index (Phi) is 5.55. The molecule has 3 rings (SSSR count). The van der Waals surface area contributed by atoms with E-state index in [0.29, 0.717) is 17.7 Å². The first-order chi connectivity index (χ1) is 13.3. The third kappa shape index (κ3) is 3.79. The molecule has 3 atom stereocenters. The summed E-state index contributed by atoms with van der Waals surface area (Å²) in [6.07, 6.45) is 0.516. The molecule has 2 heterocycles. The van der Waals surface area contributed by atoms with Gasteiger partial charge in [-0.1, -0.05) is 6.07 Å². The van der Waals surface area contributed by atoms with Gasteiger partial charge < -0.3 is 20.5 Å². The maximum Gasteiger partial charge on any atom is 0.267 e. The van der Waals surface area contributed by atoms with Crippen molar-refractivity contribution >= 4 is 17.5 Å². The predicted octanol–water partition coefficient (Wildman–Crippen LogP) is 2.37. The highest BCUT2D eigenvalue weighted by Gasteiger charge is 2.41. The number of primary amides is 1. The van der Waals surface area contributed by atoms with Crippen molar-refractivity contribution in [1.29, 1.82) is 0 Å². The third-order valence-corrected chi connectivity index (χ3v) is 4.55. The Morgan fingerprint density at radius 3 is 2.75 bits per heavy atom. The van der Waals surface area contributed by atoms with Gasteiger partial charge in [-0.05, 0) is 31.5 Å². The van der Waals surface area contributed by atoms with E-state index in [4.69, 9.17) is 15.2 Å². The van der Waals surface area contributed by atoms with E-state index in [2.05, 4.69) is 10.3 Å². The molecule has 1 saturated heterocycles. The van der Waals surface area contributed by atoms with E-state index >= 15 is 0 Å². The zero-order valence-electron chi connectivity index (χ0n) is 15.2. The third-order valence-electron chi connectivity index (χ3n) is 4.55. The van der Waals surface area contributed by atoms with E-state index in [1.54, 1.807) is 6.92 Å². The number of hydrogen-bond donors (Lipinski definition) is 2. The fourth-order valence-electron chi connectivity index (χ4n) is 3.32. The number of nitrogens with two attached hydrogens (primary N) is 1. The standard InChI is InChI=1S/C19H19F2N3O4/c1-9-7-12(11-3-4-13(20)15(21)16(11)27-2)17(28-9)19(26)24-10-5-6-23-14(8-10)18(22)25/h3-6,8-9,12,17H,7H2,1-2H3,(H2,22,25)(H,23,24,26)/t9-,12-,17+/m0/s1. The highest BCUT2D eigenvalue weighted by atomic mass is 19.2. The monoisotopic (exact) mass is 391 g/mol. The number of amides is 2. The minimum atomic E-state index is -1.11. The molecule has 0 spiro atoms. The molecule has 28 heavy (non-hydrogen) atoms. The zero-order valence-corrected chi connectivity index (χ0v) is 15.2. The van der Waals surface area contributed by atoms with Gasteiger partial charge in [-0.15, -0.1) is 0 Å². The van der Waals surface area contributed by atoms with Gasteiger partial charge in [0.05, 0.1) is 13.2 Å². The van der Waals surface area contributed by atoms with Crippen LogP contribution < -0.4 is 15.8 Å². The van der Waals surface area contributed by atoms with Crippen molar-refractivity contribution in [2.75, 3.05) is 12.4 Å². The average molecular weight is 391 g/mol. The SMILES string of the molecule is COc1c([C@@H]2C[C@H](C)O[C@H]2C(=O)Nc2ccnc(C(N)=O)c2)ccc(F)c1F. The molecule has 148 valence electrons. The Morgan fingerprint density at radius 1 is 1.32 bits per heavy atom. The quantitative estimate of drug-likeness (QED) is 0.814. The number of nitrogens with one attached hydrogen (secondary N) is 1. The second kappa shape index (κ2) is 7.89. The fraction of sp³-hybridized carbons (Fsp3) is 0.316. The smallest absolute Gasteiger partial charge is 0.267 e. The largest absolute Gasteiger partial charge is 0.493 e. The second-order valence-corrected chi connectivity index (χ2v) is 6.48. The molecule has 2 aromatic rings. The molecule has 0 aliphatic carbocycles. The molecule has 9 heteroatoms. The molecular weight excluding hydrogens is 372 g/mol. The number of carbonyl (C=O) groups excluding carboxylic acids is 2. The van der Waals surface area contributed by atoms with Gasteiger partial charge in [0.25, 0.3) is 11.8 Å². The van der Waals surface area contributed by atoms with Crippen molar-refractivity contribution < 1.29 is 27.8 Å². The van der Waals surface area contributed by atoms with E-state index in [-0.39, 0.29) is 17.5 Å². The number of ether oxygens (including phenoxy) is 2. The average Bonchev–Trinajstić information content (AvgIpc) is 3.05. The van der Waals surface area contributed by atoms with Gasteiger partial charge in [-0.2, -0.15) is 4.39 Å². The van der Waals surface area contributed by atoms with Crippen LogP contribution in [0.5, 0.6) is 5.75 Å². The second-order valence-electron chi connectivity index (χ2n) is 6.48. The molecule has 7 nitrogen and oxygen atoms in total. The summed E-state index contributed by atoms with van der Waals surface area (Å²) in [5.41, 5.74) is 5.85. The normalized spacial score (nSPS) is 21.4. The maximum atomic E-state index is 14.1. The van der Waals surface area contributed by atoms with Crippen LogP contribution in [0.2, 0.25) is 0 Å². The summed E-state index contributed by atoms with van der Waals surface area (Å²) in [7, 11) is 1.23. The first-order valence-electron chi connectivity index (χ1n) is 8.56. The number of pyridine rings is 1. The van der Waals surface area contributed by atoms with E-state index < -0.39 is 35.5 Å². The Labute approximate surface area is 159 Å². The van der Waals surface area contributed by atoms with Crippen LogP contribution in [0.1, 0.15) is 35.3 Å². The number of halogens is 2. The van der Waals surface area contributed by atoms with Gasteiger partial charge in [-0.3, -0.25) is 14.6 Å². The lowest BCUT2D eigenvalue weighted by Gasteiger charge is -2.21. The van der Waals surface area contributed by atoms with Crippen LogP contribution in [-0.2, 0) is 9.53 Å². The topological polar surface area (TPSA) is 104 Å². The fourth-order valence-corrected chi connectivity index (χ4v) is 3.32. The van der Waals surface area contributed by atoms with Crippen molar-refractivity contribution in [1.82, 2.24) is 4.98 Å². The molecule has 1 aromatic heterocycles. The summed E-state index contributed by atoms with van der Waals surface area (Å²) in [6, 6.07) is 5.22. The lowest BCUT2D eigenvalue weighted by molar-refractivity contribution is -0.126. The van der Waals surface area contributed by atoms with E-state index in [1.165, 1.54) is 31.5 Å². The summed E-state index contributed by atoms with van der Waals surface area (Å²) in [4.78, 5) is 27.9. The molecule has 2 amide bonds. The molecule has 3 N–H and O–H groups in total. The summed E-state index contributed by atoms with van der Waals surface area (Å²) in [5, 5.41) is 2.64. The van der Waals surface area contributed by atoms with Crippen molar-refractivity contribution in [2.45, 2.75) is 31.5 Å². The van der Waals surface area contributed by atoms with E-state index in [0.717, 1.165) is 6.07 Å². The van der Waals surface area contributed by atoms with Crippen LogP contribution in [-0.4, -0.2) is 36.1 Å². The van der Waals surface area contributed by atoms with Crippen LogP contribution in [0, 0.1) is 11.6 Å². The van der Waals surface area contributed by atoms with Crippen LogP contribution in [0.15, 0.2) is 30.5 Å². The summed E-state index contributed by atoms with van der Waals surface area (Å²) < 4.78 is 38.4. The lowest BCUT2D eigenvalue weighted by atomic mass is 9.89. The summed E-state index contributed by atoms with van der Waals surface area (Å²) in [5.74, 6) is -4.17. The minimum Gasteiger partial charge on any atom is -0.493 e. The zero-order chi connectivity index (χ0) is 20.4. The minimum absolute atomic E-state index is 0.00247.